The van der Waals surface area contributed by atoms with E-state index in [1.54, 1.807) is 24.3 Å². The summed E-state index contributed by atoms with van der Waals surface area (Å²) >= 11 is 6.07. The molecule has 0 aromatic heterocycles. The van der Waals surface area contributed by atoms with E-state index in [0.29, 0.717) is 23.6 Å². The Morgan fingerprint density at radius 3 is 2.27 bits per heavy atom. The number of amides is 4. The maximum atomic E-state index is 13.1. The number of carbonyl (C=O) groups excluding carboxylic acids is 3. The summed E-state index contributed by atoms with van der Waals surface area (Å²) in [6.07, 6.45) is 11.9. The zero-order valence-electron chi connectivity index (χ0n) is 22.0. The lowest BCUT2D eigenvalue weighted by atomic mass is 10.0. The zero-order valence-corrected chi connectivity index (χ0v) is 22.7. The fraction of sp³-hybridized carbons (Fsp3) is 0.500. The van der Waals surface area contributed by atoms with Gasteiger partial charge in [0.2, 0.25) is 5.91 Å². The highest BCUT2D eigenvalue weighted by Gasteiger charge is 2.38. The molecular weight excluding hydrogens is 486 g/mol. The fourth-order valence-corrected chi connectivity index (χ4v) is 4.97. The largest absolute Gasteiger partial charge is 0.351 e. The first-order valence-corrected chi connectivity index (χ1v) is 14.1. The van der Waals surface area contributed by atoms with Crippen LogP contribution >= 0.6 is 11.6 Å². The van der Waals surface area contributed by atoms with Crippen molar-refractivity contribution in [1.82, 2.24) is 10.2 Å². The van der Waals surface area contributed by atoms with Crippen LogP contribution in [0.25, 0.3) is 0 Å². The van der Waals surface area contributed by atoms with E-state index in [4.69, 9.17) is 11.6 Å². The quantitative estimate of drug-likeness (QED) is 0.194. The summed E-state index contributed by atoms with van der Waals surface area (Å²) in [7, 11) is 0. The van der Waals surface area contributed by atoms with Crippen molar-refractivity contribution in [3.8, 4) is 0 Å². The molecule has 1 heterocycles. The van der Waals surface area contributed by atoms with Gasteiger partial charge in [0.1, 0.15) is 6.54 Å². The van der Waals surface area contributed by atoms with Crippen molar-refractivity contribution in [1.29, 1.82) is 0 Å². The summed E-state index contributed by atoms with van der Waals surface area (Å²) < 4.78 is 0. The van der Waals surface area contributed by atoms with E-state index in [1.807, 2.05) is 30.3 Å². The molecule has 0 aliphatic carbocycles. The molecule has 1 unspecified atom stereocenters. The third-order valence-electron chi connectivity index (χ3n) is 6.74. The van der Waals surface area contributed by atoms with Gasteiger partial charge in [-0.1, -0.05) is 106 Å². The Kier molecular flexibility index (Phi) is 12.0. The van der Waals surface area contributed by atoms with Crippen molar-refractivity contribution in [3.05, 3.63) is 65.2 Å². The number of nitrogens with one attached hydrogen (secondary N) is 1. The molecule has 1 aliphatic rings. The maximum absolute atomic E-state index is 13.1. The lowest BCUT2D eigenvalue weighted by Crippen LogP contribution is -2.46. The molecule has 2 aromatic carbocycles. The molecule has 1 atom stereocenters. The number of unbranched alkanes of at least 4 members (excludes halogenated alkanes) is 8. The zero-order chi connectivity index (χ0) is 26.5. The van der Waals surface area contributed by atoms with Crippen molar-refractivity contribution in [2.24, 2.45) is 0 Å². The molecule has 1 N–H and O–H groups in total. The Morgan fingerprint density at radius 2 is 1.59 bits per heavy atom. The van der Waals surface area contributed by atoms with Crippen molar-refractivity contribution in [3.63, 3.8) is 0 Å². The van der Waals surface area contributed by atoms with Gasteiger partial charge in [-0.15, -0.1) is 0 Å². The normalized spacial score (nSPS) is 14.3. The number of halogens is 1. The average molecular weight is 526 g/mol. The number of hydrogen-bond donors (Lipinski definition) is 1. The minimum atomic E-state index is -0.390. The Bertz CT molecular complexity index is 1010. The summed E-state index contributed by atoms with van der Waals surface area (Å²) in [6.45, 7) is 2.47. The lowest BCUT2D eigenvalue weighted by Gasteiger charge is -2.25. The van der Waals surface area contributed by atoms with Gasteiger partial charge in [-0.05, 0) is 36.6 Å². The van der Waals surface area contributed by atoms with Gasteiger partial charge in [-0.25, -0.2) is 9.69 Å². The Morgan fingerprint density at radius 1 is 0.919 bits per heavy atom. The molecular formula is C30H40ClN3O3. The summed E-state index contributed by atoms with van der Waals surface area (Å²) in [6, 6.07) is 15.9. The highest BCUT2D eigenvalue weighted by Crippen LogP contribution is 2.24. The second kappa shape index (κ2) is 15.4. The topological polar surface area (TPSA) is 69.7 Å². The Hall–Kier alpha value is -2.86. The van der Waals surface area contributed by atoms with Crippen LogP contribution < -0.4 is 10.2 Å². The van der Waals surface area contributed by atoms with Crippen LogP contribution in [0.3, 0.4) is 0 Å². The summed E-state index contributed by atoms with van der Waals surface area (Å²) in [5.74, 6) is -0.305. The molecule has 4 amide bonds. The van der Waals surface area contributed by atoms with Gasteiger partial charge in [-0.2, -0.15) is 0 Å². The smallest absolute Gasteiger partial charge is 0.331 e. The maximum Gasteiger partial charge on any atom is 0.331 e. The standard InChI is InChI=1S/C30H40ClN3O3/c1-2-3-4-5-6-7-8-9-13-19-28(35)32-26(20-24-15-11-10-12-16-24)22-33-23-29(36)34(30(33)37)27-18-14-17-25(31)21-27/h10-12,14-18,21,26H,2-9,13,19-20,22-23H2,1H3,(H,32,35). The van der Waals surface area contributed by atoms with E-state index in [1.165, 1.54) is 43.4 Å². The van der Waals surface area contributed by atoms with Crippen LogP contribution in [0, 0.1) is 0 Å². The summed E-state index contributed by atoms with van der Waals surface area (Å²) in [5, 5.41) is 3.59. The van der Waals surface area contributed by atoms with E-state index < -0.39 is 6.03 Å². The second-order valence-corrected chi connectivity index (χ2v) is 10.3. The minimum absolute atomic E-state index is 0.00598. The van der Waals surface area contributed by atoms with Crippen LogP contribution in [0.15, 0.2) is 54.6 Å². The summed E-state index contributed by atoms with van der Waals surface area (Å²) in [4.78, 5) is 41.3. The van der Waals surface area contributed by atoms with E-state index in [-0.39, 0.29) is 30.9 Å². The van der Waals surface area contributed by atoms with Gasteiger partial charge in [0.05, 0.1) is 11.7 Å². The number of anilines is 1. The molecule has 0 spiro atoms. The number of benzene rings is 2. The van der Waals surface area contributed by atoms with E-state index in [2.05, 4.69) is 12.2 Å². The molecule has 0 saturated carbocycles. The number of carbonyl (C=O) groups is 3. The number of rotatable bonds is 16. The molecule has 1 aliphatic heterocycles. The molecule has 7 heteroatoms. The monoisotopic (exact) mass is 525 g/mol. The number of urea groups is 1. The van der Waals surface area contributed by atoms with Gasteiger partial charge >= 0.3 is 6.03 Å². The van der Waals surface area contributed by atoms with Crippen molar-refractivity contribution in [2.75, 3.05) is 18.0 Å². The van der Waals surface area contributed by atoms with Crippen LogP contribution in [0.2, 0.25) is 5.02 Å². The van der Waals surface area contributed by atoms with Gasteiger partial charge in [0, 0.05) is 18.0 Å². The number of imide groups is 1. The third-order valence-corrected chi connectivity index (χ3v) is 6.98. The van der Waals surface area contributed by atoms with E-state index in [9.17, 15) is 14.4 Å². The SMILES string of the molecule is CCCCCCCCCCCC(=O)NC(Cc1ccccc1)CN1CC(=O)N(c2cccc(Cl)c2)C1=O. The number of hydrogen-bond acceptors (Lipinski definition) is 3. The molecule has 6 nitrogen and oxygen atoms in total. The molecule has 2 aromatic rings. The predicted molar refractivity (Wildman–Crippen MR) is 150 cm³/mol. The van der Waals surface area contributed by atoms with E-state index in [0.717, 1.165) is 29.7 Å². The van der Waals surface area contributed by atoms with E-state index >= 15 is 0 Å². The molecule has 1 saturated heterocycles. The molecule has 200 valence electrons. The highest BCUT2D eigenvalue weighted by atomic mass is 35.5. The van der Waals surface area contributed by atoms with Crippen LogP contribution in [-0.2, 0) is 16.0 Å². The van der Waals surface area contributed by atoms with Crippen molar-refractivity contribution < 1.29 is 14.4 Å². The highest BCUT2D eigenvalue weighted by molar-refractivity contribution is 6.31. The molecule has 0 bridgehead atoms. The van der Waals surface area contributed by atoms with Crippen molar-refractivity contribution in [2.45, 2.75) is 83.6 Å². The minimum Gasteiger partial charge on any atom is -0.351 e. The predicted octanol–water partition coefficient (Wildman–Crippen LogP) is 6.76. The molecule has 0 radical (unpaired) electrons. The third kappa shape index (κ3) is 9.51. The van der Waals surface area contributed by atoms with Crippen LogP contribution in [-0.4, -0.2) is 41.9 Å². The van der Waals surface area contributed by atoms with Gasteiger partial charge in [0.25, 0.3) is 5.91 Å². The first kappa shape index (κ1) is 28.7. The van der Waals surface area contributed by atoms with Crippen molar-refractivity contribution >= 4 is 35.1 Å². The lowest BCUT2D eigenvalue weighted by molar-refractivity contribution is -0.122. The number of nitrogens with zero attached hydrogens (tertiary/aromatic N) is 2. The average Bonchev–Trinajstić information content (AvgIpc) is 3.15. The Balaban J connectivity index is 1.52. The van der Waals surface area contributed by atoms with Gasteiger partial charge in [-0.3, -0.25) is 9.59 Å². The molecule has 3 rings (SSSR count). The first-order valence-electron chi connectivity index (χ1n) is 13.7. The molecule has 1 fully saturated rings. The fourth-order valence-electron chi connectivity index (χ4n) is 4.78. The molecule has 37 heavy (non-hydrogen) atoms. The first-order chi connectivity index (χ1) is 18.0. The van der Waals surface area contributed by atoms with Gasteiger partial charge < -0.3 is 10.2 Å². The van der Waals surface area contributed by atoms with Crippen LogP contribution in [0.1, 0.15) is 76.7 Å². The summed E-state index contributed by atoms with van der Waals surface area (Å²) in [5.41, 5.74) is 1.53. The van der Waals surface area contributed by atoms with Crippen LogP contribution in [0.4, 0.5) is 10.5 Å². The van der Waals surface area contributed by atoms with Crippen LogP contribution in [0.5, 0.6) is 0 Å². The van der Waals surface area contributed by atoms with Gasteiger partial charge in [0.15, 0.2) is 0 Å². The Labute approximate surface area is 226 Å². The second-order valence-electron chi connectivity index (χ2n) is 9.90.